The lowest BCUT2D eigenvalue weighted by molar-refractivity contribution is 0.100. The quantitative estimate of drug-likeness (QED) is 0.707. The van der Waals surface area contributed by atoms with E-state index in [0.717, 1.165) is 21.2 Å². The molecular weight excluding hydrogens is 336 g/mol. The van der Waals surface area contributed by atoms with Gasteiger partial charge in [-0.15, -0.1) is 16.4 Å². The Morgan fingerprint density at radius 1 is 1.40 bits per heavy atom. The molecule has 25 heavy (non-hydrogen) atoms. The van der Waals surface area contributed by atoms with Crippen molar-refractivity contribution in [3.8, 4) is 0 Å². The lowest BCUT2D eigenvalue weighted by Crippen LogP contribution is -2.11. The van der Waals surface area contributed by atoms with Crippen molar-refractivity contribution in [2.45, 2.75) is 45.8 Å². The number of hydrogen-bond acceptors (Lipinski definition) is 5. The summed E-state index contributed by atoms with van der Waals surface area (Å²) < 4.78 is 2.75. The maximum Gasteiger partial charge on any atom is 0.259 e. The molecule has 7 heteroatoms. The number of rotatable bonds is 6. The number of primary amides is 1. The Morgan fingerprint density at radius 2 is 2.16 bits per heavy atom. The molecule has 3 rings (SSSR count). The van der Waals surface area contributed by atoms with Gasteiger partial charge >= 0.3 is 0 Å². The zero-order valence-electron chi connectivity index (χ0n) is 14.6. The first kappa shape index (κ1) is 17.6. The minimum Gasteiger partial charge on any atom is -0.387 e. The van der Waals surface area contributed by atoms with Gasteiger partial charge in [0.15, 0.2) is 0 Å². The number of aliphatic hydroxyl groups is 1. The van der Waals surface area contributed by atoms with E-state index in [-0.39, 0.29) is 11.8 Å². The lowest BCUT2D eigenvalue weighted by Gasteiger charge is -2.06. The van der Waals surface area contributed by atoms with Crippen LogP contribution in [0.1, 0.15) is 65.7 Å². The van der Waals surface area contributed by atoms with Crippen molar-refractivity contribution < 1.29 is 9.90 Å². The Bertz CT molecular complexity index is 913. The van der Waals surface area contributed by atoms with Crippen LogP contribution in [0.2, 0.25) is 0 Å². The Morgan fingerprint density at radius 3 is 2.80 bits per heavy atom. The zero-order valence-corrected chi connectivity index (χ0v) is 15.4. The molecule has 0 spiro atoms. The van der Waals surface area contributed by atoms with Gasteiger partial charge in [0, 0.05) is 4.70 Å². The van der Waals surface area contributed by atoms with Gasteiger partial charge in [-0.3, -0.25) is 4.79 Å². The maximum absolute atomic E-state index is 11.8. The molecule has 0 fully saturated rings. The number of nitrogens with zero attached hydrogens (tertiary/aromatic N) is 3. The van der Waals surface area contributed by atoms with Gasteiger partial charge in [0.25, 0.3) is 5.91 Å². The third kappa shape index (κ3) is 3.43. The molecule has 1 aromatic carbocycles. The van der Waals surface area contributed by atoms with E-state index in [1.54, 1.807) is 10.9 Å². The second kappa shape index (κ2) is 6.93. The minimum absolute atomic E-state index is 0.232. The van der Waals surface area contributed by atoms with Gasteiger partial charge in [-0.1, -0.05) is 38.1 Å². The summed E-state index contributed by atoms with van der Waals surface area (Å²) in [5.41, 5.74) is 8.21. The van der Waals surface area contributed by atoms with Crippen LogP contribution in [0.25, 0.3) is 10.1 Å². The molecule has 0 aliphatic heterocycles. The topological polar surface area (TPSA) is 94.0 Å². The van der Waals surface area contributed by atoms with Crippen molar-refractivity contribution in [2.24, 2.45) is 5.73 Å². The molecule has 1 amide bonds. The van der Waals surface area contributed by atoms with Crippen LogP contribution in [0.3, 0.4) is 0 Å². The van der Waals surface area contributed by atoms with Gasteiger partial charge in [-0.25, -0.2) is 4.68 Å². The second-order valence-electron chi connectivity index (χ2n) is 6.46. The van der Waals surface area contributed by atoms with E-state index in [2.05, 4.69) is 30.2 Å². The number of aliphatic hydroxyl groups excluding tert-OH is 1. The fourth-order valence-corrected chi connectivity index (χ4v) is 4.23. The van der Waals surface area contributed by atoms with Gasteiger partial charge < -0.3 is 10.8 Å². The number of carbonyl (C=O) groups excluding carboxylic acids is 1. The molecule has 3 N–H and O–H groups in total. The van der Waals surface area contributed by atoms with Crippen molar-refractivity contribution in [2.75, 3.05) is 0 Å². The summed E-state index contributed by atoms with van der Waals surface area (Å²) in [6.45, 7) is 6.59. The number of fused-ring (bicyclic) bond motifs is 1. The number of benzene rings is 1. The second-order valence-corrected chi connectivity index (χ2v) is 7.51. The van der Waals surface area contributed by atoms with Crippen molar-refractivity contribution in [1.82, 2.24) is 15.0 Å². The molecule has 0 saturated heterocycles. The monoisotopic (exact) mass is 358 g/mol. The van der Waals surface area contributed by atoms with Crippen molar-refractivity contribution >= 4 is 27.3 Å². The summed E-state index contributed by atoms with van der Waals surface area (Å²) in [6.07, 6.45) is 1.79. The van der Waals surface area contributed by atoms with Gasteiger partial charge in [-0.2, -0.15) is 0 Å². The standard InChI is InChI=1S/C18H22N4O2S/c1-4-14(23)13-9-22(21-20-13)8-11-5-6-12-15(7-11)25-17(18(19)24)16(12)10(2)3/h5-7,9-10,14,23H,4,8H2,1-3H3,(H2,19,24). The average Bonchev–Trinajstić information content (AvgIpc) is 3.18. The van der Waals surface area contributed by atoms with E-state index in [0.29, 0.717) is 23.5 Å². The molecule has 3 aromatic rings. The maximum atomic E-state index is 11.8. The Balaban J connectivity index is 1.94. The SMILES string of the molecule is CCC(O)c1cn(Cc2ccc3c(C(C)C)c(C(N)=O)sc3c2)nn1. The van der Waals surface area contributed by atoms with Crippen LogP contribution in [0.4, 0.5) is 0 Å². The summed E-state index contributed by atoms with van der Waals surface area (Å²) in [5.74, 6) is -0.142. The molecular formula is C18H22N4O2S. The Hall–Kier alpha value is -2.25. The van der Waals surface area contributed by atoms with Crippen LogP contribution in [0, 0.1) is 0 Å². The van der Waals surface area contributed by atoms with E-state index >= 15 is 0 Å². The van der Waals surface area contributed by atoms with Gasteiger partial charge in [0.05, 0.1) is 23.7 Å². The summed E-state index contributed by atoms with van der Waals surface area (Å²) in [5, 5.41) is 19.0. The molecule has 132 valence electrons. The Labute approximate surface area is 150 Å². The van der Waals surface area contributed by atoms with Crippen molar-refractivity contribution in [3.05, 3.63) is 46.1 Å². The molecule has 0 bridgehead atoms. The van der Waals surface area contributed by atoms with Crippen LogP contribution >= 0.6 is 11.3 Å². The molecule has 6 nitrogen and oxygen atoms in total. The number of hydrogen-bond donors (Lipinski definition) is 2. The van der Waals surface area contributed by atoms with Crippen LogP contribution in [-0.2, 0) is 6.54 Å². The highest BCUT2D eigenvalue weighted by Crippen LogP contribution is 2.36. The summed E-state index contributed by atoms with van der Waals surface area (Å²) in [6, 6.07) is 6.14. The minimum atomic E-state index is -0.583. The first-order chi connectivity index (χ1) is 11.9. The molecule has 2 aromatic heterocycles. The first-order valence-electron chi connectivity index (χ1n) is 8.33. The normalized spacial score (nSPS) is 12.8. The van der Waals surface area contributed by atoms with Crippen LogP contribution in [0.15, 0.2) is 24.4 Å². The van der Waals surface area contributed by atoms with Crippen LogP contribution < -0.4 is 5.73 Å². The average molecular weight is 358 g/mol. The van der Waals surface area contributed by atoms with Gasteiger partial charge in [0.2, 0.25) is 0 Å². The zero-order chi connectivity index (χ0) is 18.1. The molecule has 0 radical (unpaired) electrons. The third-order valence-electron chi connectivity index (χ3n) is 4.22. The van der Waals surface area contributed by atoms with Gasteiger partial charge in [-0.05, 0) is 34.9 Å². The molecule has 1 atom stereocenters. The Kier molecular flexibility index (Phi) is 4.87. The molecule has 0 saturated carbocycles. The lowest BCUT2D eigenvalue weighted by atomic mass is 9.98. The number of nitrogens with two attached hydrogens (primary N) is 1. The van der Waals surface area contributed by atoms with E-state index in [4.69, 9.17) is 5.73 Å². The number of amides is 1. The van der Waals surface area contributed by atoms with Gasteiger partial charge in [0.1, 0.15) is 5.69 Å². The highest BCUT2D eigenvalue weighted by Gasteiger charge is 2.19. The number of carbonyl (C=O) groups is 1. The smallest absolute Gasteiger partial charge is 0.259 e. The highest BCUT2D eigenvalue weighted by molar-refractivity contribution is 7.21. The van der Waals surface area contributed by atoms with Crippen LogP contribution in [-0.4, -0.2) is 26.0 Å². The predicted octanol–water partition coefficient (Wildman–Crippen LogP) is 3.21. The van der Waals surface area contributed by atoms with Crippen LogP contribution in [0.5, 0.6) is 0 Å². The van der Waals surface area contributed by atoms with E-state index < -0.39 is 6.10 Å². The summed E-state index contributed by atoms with van der Waals surface area (Å²) in [4.78, 5) is 12.4. The molecule has 0 aliphatic carbocycles. The fraction of sp³-hybridized carbons (Fsp3) is 0.389. The molecule has 2 heterocycles. The molecule has 0 aliphatic rings. The van der Waals surface area contributed by atoms with E-state index in [9.17, 15) is 9.90 Å². The van der Waals surface area contributed by atoms with Crippen molar-refractivity contribution in [1.29, 1.82) is 0 Å². The van der Waals surface area contributed by atoms with E-state index in [1.807, 2.05) is 19.1 Å². The van der Waals surface area contributed by atoms with E-state index in [1.165, 1.54) is 11.3 Å². The fourth-order valence-electron chi connectivity index (χ4n) is 2.96. The third-order valence-corrected chi connectivity index (χ3v) is 5.41. The highest BCUT2D eigenvalue weighted by atomic mass is 32.1. The number of thiophene rings is 1. The summed E-state index contributed by atoms with van der Waals surface area (Å²) in [7, 11) is 0. The number of aromatic nitrogens is 3. The largest absolute Gasteiger partial charge is 0.387 e. The van der Waals surface area contributed by atoms with Crippen molar-refractivity contribution in [3.63, 3.8) is 0 Å². The predicted molar refractivity (Wildman–Crippen MR) is 98.8 cm³/mol. The summed E-state index contributed by atoms with van der Waals surface area (Å²) >= 11 is 1.44. The first-order valence-corrected chi connectivity index (χ1v) is 9.15. The molecule has 1 unspecified atom stereocenters.